The van der Waals surface area contributed by atoms with E-state index in [1.54, 1.807) is 0 Å². The summed E-state index contributed by atoms with van der Waals surface area (Å²) in [5, 5.41) is 2.85. The number of amides is 1. The quantitative estimate of drug-likeness (QED) is 0.907. The van der Waals surface area contributed by atoms with Crippen LogP contribution in [0.2, 0.25) is 0 Å². The van der Waals surface area contributed by atoms with Gasteiger partial charge in [-0.1, -0.05) is 0 Å². The number of ether oxygens (including phenoxy) is 1. The van der Waals surface area contributed by atoms with Gasteiger partial charge in [0.15, 0.2) is 0 Å². The molecule has 0 unspecified atom stereocenters. The van der Waals surface area contributed by atoms with Gasteiger partial charge in [-0.15, -0.1) is 0 Å². The normalized spacial score (nSPS) is 19.0. The third-order valence-electron chi connectivity index (χ3n) is 5.87. The van der Waals surface area contributed by atoms with Crippen LogP contribution in [0.4, 0.5) is 5.82 Å². The number of piperidine rings is 1. The molecule has 0 aromatic carbocycles. The average molecular weight is 364 g/mol. The van der Waals surface area contributed by atoms with Gasteiger partial charge in [0.25, 0.3) is 5.91 Å². The Morgan fingerprint density at radius 3 is 2.89 bits per heavy atom. The van der Waals surface area contributed by atoms with Crippen LogP contribution in [-0.4, -0.2) is 35.1 Å². The van der Waals surface area contributed by atoms with Crippen LogP contribution < -0.4 is 15.0 Å². The Labute approximate surface area is 159 Å². The zero-order valence-electron chi connectivity index (χ0n) is 15.6. The number of carbonyl (C=O) groups excluding carboxylic acids is 1. The molecule has 1 amide bonds. The summed E-state index contributed by atoms with van der Waals surface area (Å²) in [6.07, 6.45) is 7.46. The van der Waals surface area contributed by atoms with Crippen LogP contribution in [-0.2, 0) is 19.4 Å². The molecule has 2 aromatic rings. The minimum atomic E-state index is -0.0118. The van der Waals surface area contributed by atoms with E-state index in [1.165, 1.54) is 17.7 Å². The van der Waals surface area contributed by atoms with Gasteiger partial charge in [0.05, 0.1) is 24.0 Å². The maximum atomic E-state index is 11.8. The summed E-state index contributed by atoms with van der Waals surface area (Å²) in [4.78, 5) is 23.5. The van der Waals surface area contributed by atoms with Crippen molar-refractivity contribution < 1.29 is 9.53 Å². The van der Waals surface area contributed by atoms with Crippen LogP contribution in [0.1, 0.15) is 52.1 Å². The van der Waals surface area contributed by atoms with E-state index in [1.807, 2.05) is 19.2 Å². The lowest BCUT2D eigenvalue weighted by Crippen LogP contribution is -2.39. The van der Waals surface area contributed by atoms with E-state index in [0.717, 1.165) is 67.2 Å². The smallest absolute Gasteiger partial charge is 0.253 e. The highest BCUT2D eigenvalue weighted by Gasteiger charge is 2.27. The number of aryl methyl sites for hydroxylation is 3. The molecule has 2 aromatic heterocycles. The molecule has 1 fully saturated rings. The van der Waals surface area contributed by atoms with Crippen molar-refractivity contribution in [2.24, 2.45) is 0 Å². The van der Waals surface area contributed by atoms with Crippen LogP contribution in [0.25, 0.3) is 0 Å². The number of nitrogens with one attached hydrogen (secondary N) is 1. The Kier molecular flexibility index (Phi) is 3.99. The highest BCUT2D eigenvalue weighted by atomic mass is 16.5. The van der Waals surface area contributed by atoms with Gasteiger partial charge >= 0.3 is 0 Å². The summed E-state index contributed by atoms with van der Waals surface area (Å²) in [6.45, 7) is 4.40. The Balaban J connectivity index is 1.25. The number of rotatable bonds is 3. The maximum Gasteiger partial charge on any atom is 0.253 e. The molecule has 0 spiro atoms. The van der Waals surface area contributed by atoms with Crippen LogP contribution >= 0.6 is 0 Å². The molecule has 5 rings (SSSR count). The van der Waals surface area contributed by atoms with Crippen molar-refractivity contribution in [1.82, 2.24) is 15.3 Å². The third kappa shape index (κ3) is 3.03. The van der Waals surface area contributed by atoms with Crippen molar-refractivity contribution in [3.05, 3.63) is 46.4 Å². The number of nitrogens with zero attached hydrogens (tertiary/aromatic N) is 3. The maximum absolute atomic E-state index is 11.8. The minimum absolute atomic E-state index is 0.0118. The lowest BCUT2D eigenvalue weighted by Gasteiger charge is -2.34. The van der Waals surface area contributed by atoms with E-state index in [0.29, 0.717) is 6.54 Å². The number of hydrogen-bond donors (Lipinski definition) is 1. The molecule has 1 saturated heterocycles. The van der Waals surface area contributed by atoms with Crippen LogP contribution in [0, 0.1) is 6.92 Å². The van der Waals surface area contributed by atoms with E-state index in [9.17, 15) is 4.79 Å². The summed E-state index contributed by atoms with van der Waals surface area (Å²) < 4.78 is 6.22. The van der Waals surface area contributed by atoms with Gasteiger partial charge in [-0.2, -0.15) is 0 Å². The second-order valence-electron chi connectivity index (χ2n) is 7.74. The molecule has 0 bridgehead atoms. The first-order valence-electron chi connectivity index (χ1n) is 9.85. The number of hydrogen-bond acceptors (Lipinski definition) is 5. The monoisotopic (exact) mass is 364 g/mol. The Bertz CT molecular complexity index is 903. The number of carbonyl (C=O) groups is 1. The molecule has 0 radical (unpaired) electrons. The Morgan fingerprint density at radius 1 is 1.19 bits per heavy atom. The lowest BCUT2D eigenvalue weighted by atomic mass is 10.1. The van der Waals surface area contributed by atoms with Crippen LogP contribution in [0.3, 0.4) is 0 Å². The molecule has 0 atom stereocenters. The molecule has 4 heterocycles. The van der Waals surface area contributed by atoms with E-state index < -0.39 is 0 Å². The summed E-state index contributed by atoms with van der Waals surface area (Å²) in [7, 11) is 0. The fraction of sp³-hybridized carbons (Fsp3) is 0.476. The highest BCUT2D eigenvalue weighted by Crippen LogP contribution is 2.29. The largest absolute Gasteiger partial charge is 0.489 e. The summed E-state index contributed by atoms with van der Waals surface area (Å²) in [5.74, 6) is 1.90. The molecule has 1 aliphatic carbocycles. The van der Waals surface area contributed by atoms with Crippen molar-refractivity contribution in [2.45, 2.75) is 51.7 Å². The molecule has 0 saturated carbocycles. The van der Waals surface area contributed by atoms with Gasteiger partial charge in [-0.05, 0) is 49.4 Å². The summed E-state index contributed by atoms with van der Waals surface area (Å²) >= 11 is 0. The fourth-order valence-corrected chi connectivity index (χ4v) is 4.40. The predicted molar refractivity (Wildman–Crippen MR) is 102 cm³/mol. The van der Waals surface area contributed by atoms with Crippen molar-refractivity contribution in [3.8, 4) is 5.75 Å². The SMILES string of the molecule is Cc1cc2c(nc1N1CCC(Oc3cnc4c(c3)CCC4)CC1)CNC2=O. The molecule has 2 aliphatic heterocycles. The van der Waals surface area contributed by atoms with Crippen molar-refractivity contribution in [1.29, 1.82) is 0 Å². The first kappa shape index (κ1) is 16.5. The van der Waals surface area contributed by atoms with Gasteiger partial charge in [0, 0.05) is 31.6 Å². The highest BCUT2D eigenvalue weighted by molar-refractivity contribution is 5.98. The second kappa shape index (κ2) is 6.51. The fourth-order valence-electron chi connectivity index (χ4n) is 4.40. The van der Waals surface area contributed by atoms with Gasteiger partial charge in [-0.25, -0.2) is 4.98 Å². The molecule has 3 aliphatic rings. The summed E-state index contributed by atoms with van der Waals surface area (Å²) in [6, 6.07) is 4.15. The van der Waals surface area contributed by atoms with E-state index in [-0.39, 0.29) is 12.0 Å². The van der Waals surface area contributed by atoms with Gasteiger partial charge < -0.3 is 15.0 Å². The zero-order chi connectivity index (χ0) is 18.4. The van der Waals surface area contributed by atoms with Crippen molar-refractivity contribution in [2.75, 3.05) is 18.0 Å². The second-order valence-corrected chi connectivity index (χ2v) is 7.74. The van der Waals surface area contributed by atoms with Gasteiger partial charge in [0.2, 0.25) is 0 Å². The number of anilines is 1. The van der Waals surface area contributed by atoms with Crippen LogP contribution in [0.5, 0.6) is 5.75 Å². The average Bonchev–Trinajstić information content (AvgIpc) is 3.28. The standard InChI is InChI=1S/C21H24N4O2/c1-13-9-17-19(12-23-21(17)26)24-20(13)25-7-5-15(6-8-25)27-16-10-14-3-2-4-18(14)22-11-16/h9-11,15H,2-8,12H2,1H3,(H,23,26). The Morgan fingerprint density at radius 2 is 2.04 bits per heavy atom. The van der Waals surface area contributed by atoms with E-state index >= 15 is 0 Å². The molecule has 6 nitrogen and oxygen atoms in total. The van der Waals surface area contributed by atoms with Crippen molar-refractivity contribution >= 4 is 11.7 Å². The van der Waals surface area contributed by atoms with E-state index in [2.05, 4.69) is 21.3 Å². The predicted octanol–water partition coefficient (Wildman–Crippen LogP) is 2.56. The topological polar surface area (TPSA) is 67.3 Å². The number of pyridine rings is 2. The molecule has 6 heteroatoms. The molecule has 140 valence electrons. The van der Waals surface area contributed by atoms with Crippen molar-refractivity contribution in [3.63, 3.8) is 0 Å². The minimum Gasteiger partial charge on any atom is -0.489 e. The molecule has 27 heavy (non-hydrogen) atoms. The summed E-state index contributed by atoms with van der Waals surface area (Å²) in [5.41, 5.74) is 5.24. The number of fused-ring (bicyclic) bond motifs is 2. The third-order valence-corrected chi connectivity index (χ3v) is 5.87. The molecular weight excluding hydrogens is 340 g/mol. The molecule has 1 N–H and O–H groups in total. The van der Waals surface area contributed by atoms with Gasteiger partial charge in [0.1, 0.15) is 17.7 Å². The van der Waals surface area contributed by atoms with Gasteiger partial charge in [-0.3, -0.25) is 9.78 Å². The lowest BCUT2D eigenvalue weighted by molar-refractivity contribution is 0.0965. The molecular formula is C21H24N4O2. The first-order chi connectivity index (χ1) is 13.2. The number of aromatic nitrogens is 2. The first-order valence-corrected chi connectivity index (χ1v) is 9.85. The Hall–Kier alpha value is -2.63. The zero-order valence-corrected chi connectivity index (χ0v) is 15.6. The van der Waals surface area contributed by atoms with Crippen LogP contribution in [0.15, 0.2) is 18.3 Å². The van der Waals surface area contributed by atoms with E-state index in [4.69, 9.17) is 9.72 Å².